The van der Waals surface area contributed by atoms with E-state index in [1.165, 1.54) is 14.0 Å². The Kier molecular flexibility index (Phi) is 5.20. The minimum Gasteiger partial charge on any atom is -0.504 e. The average molecular weight is 165 g/mol. The summed E-state index contributed by atoms with van der Waals surface area (Å²) in [5, 5.41) is 16.3. The van der Waals surface area contributed by atoms with Crippen molar-refractivity contribution in [2.75, 3.05) is 7.11 Å². The van der Waals surface area contributed by atoms with E-state index in [4.69, 9.17) is 15.1 Å². The number of methoxy groups -OCH3 is 1. The molecule has 0 fully saturated rings. The van der Waals surface area contributed by atoms with Crippen LogP contribution >= 0.6 is 0 Å². The third kappa shape index (κ3) is 3.47. The third-order valence-corrected chi connectivity index (χ3v) is 1.09. The van der Waals surface area contributed by atoms with E-state index in [0.29, 0.717) is 5.75 Å². The molecule has 0 saturated heterocycles. The molecular formula is C9H11NO2. The average Bonchev–Trinajstić information content (AvgIpc) is 2.07. The summed E-state index contributed by atoms with van der Waals surface area (Å²) in [6.07, 6.45) is 0. The highest BCUT2D eigenvalue weighted by Gasteiger charge is 1.94. The molecule has 0 aliphatic heterocycles. The molecule has 1 N–H and O–H groups in total. The number of ether oxygens (including phenoxy) is 1. The van der Waals surface area contributed by atoms with Gasteiger partial charge in [-0.25, -0.2) is 0 Å². The zero-order chi connectivity index (χ0) is 9.40. The van der Waals surface area contributed by atoms with Gasteiger partial charge < -0.3 is 9.84 Å². The molecule has 0 atom stereocenters. The van der Waals surface area contributed by atoms with E-state index < -0.39 is 0 Å². The normalized spacial score (nSPS) is 7.42. The molecule has 0 radical (unpaired) electrons. The molecule has 0 aliphatic carbocycles. The summed E-state index contributed by atoms with van der Waals surface area (Å²) in [6, 6.07) is 8.59. The largest absolute Gasteiger partial charge is 0.504 e. The lowest BCUT2D eigenvalue weighted by Gasteiger charge is -1.99. The maximum absolute atomic E-state index is 8.99. The molecular weight excluding hydrogens is 154 g/mol. The van der Waals surface area contributed by atoms with Crippen LogP contribution in [-0.4, -0.2) is 12.2 Å². The van der Waals surface area contributed by atoms with Crippen LogP contribution in [0.2, 0.25) is 0 Å². The van der Waals surface area contributed by atoms with Crippen molar-refractivity contribution in [1.82, 2.24) is 0 Å². The highest BCUT2D eigenvalue weighted by Crippen LogP contribution is 2.22. The Morgan fingerprint density at radius 2 is 1.92 bits per heavy atom. The molecule has 1 aromatic carbocycles. The van der Waals surface area contributed by atoms with E-state index in [0.717, 1.165) is 0 Å². The van der Waals surface area contributed by atoms with Gasteiger partial charge in [-0.3, -0.25) is 0 Å². The minimum atomic E-state index is 0.181. The predicted octanol–water partition coefficient (Wildman–Crippen LogP) is 1.93. The van der Waals surface area contributed by atoms with Crippen molar-refractivity contribution in [3.05, 3.63) is 24.3 Å². The van der Waals surface area contributed by atoms with Crippen LogP contribution < -0.4 is 4.74 Å². The number of phenolic OH excluding ortho intramolecular Hbond substituents is 1. The molecule has 0 amide bonds. The molecule has 3 heteroatoms. The maximum Gasteiger partial charge on any atom is 0.160 e. The zero-order valence-corrected chi connectivity index (χ0v) is 7.11. The Hall–Kier alpha value is -1.69. The molecule has 0 bridgehead atoms. The van der Waals surface area contributed by atoms with Crippen LogP contribution in [0.4, 0.5) is 0 Å². The quantitative estimate of drug-likeness (QED) is 0.691. The Labute approximate surface area is 71.8 Å². The fourth-order valence-electron chi connectivity index (χ4n) is 0.630. The number of nitrogens with zero attached hydrogens (tertiary/aromatic N) is 1. The molecule has 12 heavy (non-hydrogen) atoms. The van der Waals surface area contributed by atoms with E-state index in [-0.39, 0.29) is 5.75 Å². The lowest BCUT2D eigenvalue weighted by molar-refractivity contribution is 0.373. The number of aromatic hydroxyl groups is 1. The van der Waals surface area contributed by atoms with Gasteiger partial charge in [0.15, 0.2) is 11.5 Å². The van der Waals surface area contributed by atoms with Gasteiger partial charge in [-0.1, -0.05) is 12.1 Å². The van der Waals surface area contributed by atoms with Gasteiger partial charge in [0.25, 0.3) is 0 Å². The second-order valence-corrected chi connectivity index (χ2v) is 1.90. The molecule has 0 aliphatic rings. The summed E-state index contributed by atoms with van der Waals surface area (Å²) in [5.74, 6) is 0.692. The summed E-state index contributed by atoms with van der Waals surface area (Å²) in [6.45, 7) is 1.43. The van der Waals surface area contributed by atoms with Crippen molar-refractivity contribution >= 4 is 0 Å². The van der Waals surface area contributed by atoms with Gasteiger partial charge >= 0.3 is 0 Å². The van der Waals surface area contributed by atoms with Gasteiger partial charge in [0.05, 0.1) is 13.2 Å². The molecule has 0 saturated carbocycles. The first kappa shape index (κ1) is 10.3. The fraction of sp³-hybridized carbons (Fsp3) is 0.222. The summed E-state index contributed by atoms with van der Waals surface area (Å²) < 4.78 is 4.79. The maximum atomic E-state index is 8.99. The van der Waals surface area contributed by atoms with Gasteiger partial charge in [0.1, 0.15) is 0 Å². The summed E-state index contributed by atoms with van der Waals surface area (Å²) in [4.78, 5) is 0. The van der Waals surface area contributed by atoms with Gasteiger partial charge in [-0.15, -0.1) is 0 Å². The van der Waals surface area contributed by atoms with Gasteiger partial charge in [0.2, 0.25) is 0 Å². The SMILES string of the molecule is CC#N.COc1ccccc1O. The number of phenols is 1. The lowest BCUT2D eigenvalue weighted by Crippen LogP contribution is -1.80. The zero-order valence-electron chi connectivity index (χ0n) is 7.11. The topological polar surface area (TPSA) is 53.2 Å². The smallest absolute Gasteiger partial charge is 0.160 e. The van der Waals surface area contributed by atoms with E-state index in [9.17, 15) is 0 Å². The second kappa shape index (κ2) is 6.05. The van der Waals surface area contributed by atoms with E-state index >= 15 is 0 Å². The van der Waals surface area contributed by atoms with Crippen LogP contribution in [0.1, 0.15) is 6.92 Å². The van der Waals surface area contributed by atoms with Crippen molar-refractivity contribution in [3.63, 3.8) is 0 Å². The lowest BCUT2D eigenvalue weighted by atomic mass is 10.3. The molecule has 64 valence electrons. The monoisotopic (exact) mass is 165 g/mol. The Bertz CT molecular complexity index is 265. The van der Waals surface area contributed by atoms with Crippen LogP contribution in [0, 0.1) is 11.3 Å². The summed E-state index contributed by atoms with van der Waals surface area (Å²) >= 11 is 0. The molecule has 0 spiro atoms. The first-order valence-electron chi connectivity index (χ1n) is 3.39. The fourth-order valence-corrected chi connectivity index (χ4v) is 0.630. The van der Waals surface area contributed by atoms with Crippen molar-refractivity contribution in [2.45, 2.75) is 6.92 Å². The number of hydrogen-bond acceptors (Lipinski definition) is 3. The molecule has 1 aromatic rings. The number of nitriles is 1. The Balaban J connectivity index is 0.000000354. The van der Waals surface area contributed by atoms with Crippen molar-refractivity contribution < 1.29 is 9.84 Å². The number of hydrogen-bond donors (Lipinski definition) is 1. The van der Waals surface area contributed by atoms with Crippen molar-refractivity contribution in [3.8, 4) is 17.6 Å². The van der Waals surface area contributed by atoms with E-state index in [2.05, 4.69) is 0 Å². The first-order chi connectivity index (χ1) is 5.76. The van der Waals surface area contributed by atoms with Crippen LogP contribution in [0.25, 0.3) is 0 Å². The van der Waals surface area contributed by atoms with Gasteiger partial charge in [0, 0.05) is 6.92 Å². The third-order valence-electron chi connectivity index (χ3n) is 1.09. The van der Waals surface area contributed by atoms with Crippen LogP contribution in [0.3, 0.4) is 0 Å². The Morgan fingerprint density at radius 3 is 2.25 bits per heavy atom. The van der Waals surface area contributed by atoms with Crippen LogP contribution in [-0.2, 0) is 0 Å². The molecule has 0 heterocycles. The summed E-state index contributed by atoms with van der Waals surface area (Å²) in [5.41, 5.74) is 0. The Morgan fingerprint density at radius 1 is 1.42 bits per heavy atom. The molecule has 0 aromatic heterocycles. The van der Waals surface area contributed by atoms with Crippen LogP contribution in [0.15, 0.2) is 24.3 Å². The summed E-state index contributed by atoms with van der Waals surface area (Å²) in [7, 11) is 1.52. The van der Waals surface area contributed by atoms with E-state index in [1.807, 2.05) is 0 Å². The number of para-hydroxylation sites is 2. The highest BCUT2D eigenvalue weighted by atomic mass is 16.5. The van der Waals surface area contributed by atoms with Gasteiger partial charge in [-0.2, -0.15) is 5.26 Å². The van der Waals surface area contributed by atoms with E-state index in [1.54, 1.807) is 30.3 Å². The number of rotatable bonds is 1. The highest BCUT2D eigenvalue weighted by molar-refractivity contribution is 5.37. The molecule has 1 rings (SSSR count). The molecule has 0 unspecified atom stereocenters. The minimum absolute atomic E-state index is 0.181. The van der Waals surface area contributed by atoms with Gasteiger partial charge in [-0.05, 0) is 12.1 Å². The predicted molar refractivity (Wildman–Crippen MR) is 45.9 cm³/mol. The second-order valence-electron chi connectivity index (χ2n) is 1.90. The number of benzene rings is 1. The van der Waals surface area contributed by atoms with Crippen molar-refractivity contribution in [2.24, 2.45) is 0 Å². The standard InChI is InChI=1S/C7H8O2.C2H3N/c1-9-7-5-3-2-4-6(7)8;1-2-3/h2-5,8H,1H3;1H3. The van der Waals surface area contributed by atoms with Crippen LogP contribution in [0.5, 0.6) is 11.5 Å². The first-order valence-corrected chi connectivity index (χ1v) is 3.39. The molecule has 3 nitrogen and oxygen atoms in total. The van der Waals surface area contributed by atoms with Crippen molar-refractivity contribution in [1.29, 1.82) is 5.26 Å².